The highest BCUT2D eigenvalue weighted by Gasteiger charge is 2.24. The molecule has 1 saturated carbocycles. The van der Waals surface area contributed by atoms with Crippen LogP contribution in [0.3, 0.4) is 0 Å². The molecule has 0 bridgehead atoms. The topological polar surface area (TPSA) is 46.3 Å². The minimum atomic E-state index is 0.155. The zero-order valence-electron chi connectivity index (χ0n) is 13.7. The Morgan fingerprint density at radius 1 is 1.27 bits per heavy atom. The minimum Gasteiger partial charge on any atom is -0.338 e. The van der Waals surface area contributed by atoms with Crippen molar-refractivity contribution in [1.82, 2.24) is 4.90 Å². The third-order valence-corrected chi connectivity index (χ3v) is 5.44. The number of nitrogens with two attached hydrogens (primary N) is 1. The molecule has 0 radical (unpaired) electrons. The first-order valence-corrected chi connectivity index (χ1v) is 8.84. The van der Waals surface area contributed by atoms with Gasteiger partial charge in [0.1, 0.15) is 0 Å². The highest BCUT2D eigenvalue weighted by Crippen LogP contribution is 2.34. The fourth-order valence-electron chi connectivity index (χ4n) is 3.99. The molecular formula is C19H28N2O. The van der Waals surface area contributed by atoms with Gasteiger partial charge in [-0.05, 0) is 41.9 Å². The molecular weight excluding hydrogens is 272 g/mol. The number of carbonyl (C=O) groups is 1. The molecule has 1 atom stereocenters. The van der Waals surface area contributed by atoms with Crippen LogP contribution < -0.4 is 5.73 Å². The van der Waals surface area contributed by atoms with Crippen LogP contribution in [0.25, 0.3) is 0 Å². The Bertz CT molecular complexity index is 534. The molecule has 22 heavy (non-hydrogen) atoms. The van der Waals surface area contributed by atoms with Crippen LogP contribution in [0.4, 0.5) is 0 Å². The third kappa shape index (κ3) is 3.19. The van der Waals surface area contributed by atoms with Crippen molar-refractivity contribution in [2.24, 2.45) is 11.7 Å². The molecule has 1 aliphatic carbocycles. The summed E-state index contributed by atoms with van der Waals surface area (Å²) in [6, 6.07) is 6.88. The maximum Gasteiger partial charge on any atom is 0.222 e. The molecule has 1 fully saturated rings. The average molecular weight is 300 g/mol. The van der Waals surface area contributed by atoms with Gasteiger partial charge in [-0.15, -0.1) is 0 Å². The Balaban J connectivity index is 1.76. The fraction of sp³-hybridized carbons (Fsp3) is 0.632. The summed E-state index contributed by atoms with van der Waals surface area (Å²) in [5, 5.41) is 0. The monoisotopic (exact) mass is 300 g/mol. The lowest BCUT2D eigenvalue weighted by Crippen LogP contribution is -2.35. The van der Waals surface area contributed by atoms with E-state index in [1.165, 1.54) is 48.8 Å². The van der Waals surface area contributed by atoms with E-state index in [1.54, 1.807) is 0 Å². The predicted molar refractivity (Wildman–Crippen MR) is 89.4 cm³/mol. The Morgan fingerprint density at radius 2 is 2.05 bits per heavy atom. The van der Waals surface area contributed by atoms with E-state index in [-0.39, 0.29) is 11.9 Å². The first-order valence-electron chi connectivity index (χ1n) is 8.84. The summed E-state index contributed by atoms with van der Waals surface area (Å²) in [6.07, 6.45) is 8.10. The lowest BCUT2D eigenvalue weighted by molar-refractivity contribution is -0.131. The van der Waals surface area contributed by atoms with E-state index in [9.17, 15) is 4.79 Å². The maximum absolute atomic E-state index is 11.9. The maximum atomic E-state index is 11.9. The molecule has 3 nitrogen and oxygen atoms in total. The molecule has 1 unspecified atom stereocenters. The molecule has 1 aliphatic heterocycles. The van der Waals surface area contributed by atoms with E-state index < -0.39 is 0 Å². The standard InChI is InChI=1S/C19H28N2O/c1-2-18(22)21-11-10-14-8-9-16(12-17(14)13-21)19(20)15-6-4-3-5-7-15/h8-9,12,15,19H,2-7,10-11,13,20H2,1H3. The molecule has 0 spiro atoms. The number of fused-ring (bicyclic) bond motifs is 1. The first kappa shape index (κ1) is 15.5. The number of rotatable bonds is 3. The van der Waals surface area contributed by atoms with Crippen molar-refractivity contribution < 1.29 is 4.79 Å². The number of hydrogen-bond acceptors (Lipinski definition) is 2. The molecule has 1 heterocycles. The zero-order valence-corrected chi connectivity index (χ0v) is 13.7. The number of carbonyl (C=O) groups excluding carboxylic acids is 1. The van der Waals surface area contributed by atoms with E-state index in [2.05, 4.69) is 18.2 Å². The molecule has 1 aromatic rings. The van der Waals surface area contributed by atoms with Gasteiger partial charge in [-0.1, -0.05) is 44.4 Å². The van der Waals surface area contributed by atoms with Gasteiger partial charge in [-0.3, -0.25) is 4.79 Å². The van der Waals surface area contributed by atoms with Crippen LogP contribution in [0.2, 0.25) is 0 Å². The Labute approximate surface area is 133 Å². The zero-order chi connectivity index (χ0) is 15.5. The summed E-state index contributed by atoms with van der Waals surface area (Å²) in [5.41, 5.74) is 10.5. The summed E-state index contributed by atoms with van der Waals surface area (Å²) >= 11 is 0. The molecule has 2 aliphatic rings. The van der Waals surface area contributed by atoms with Gasteiger partial charge in [0, 0.05) is 25.6 Å². The van der Waals surface area contributed by atoms with Gasteiger partial charge in [0.05, 0.1) is 0 Å². The van der Waals surface area contributed by atoms with Crippen LogP contribution in [-0.2, 0) is 17.8 Å². The molecule has 0 aromatic heterocycles. The van der Waals surface area contributed by atoms with Crippen molar-refractivity contribution in [2.75, 3.05) is 6.54 Å². The first-order chi connectivity index (χ1) is 10.7. The molecule has 120 valence electrons. The van der Waals surface area contributed by atoms with Crippen LogP contribution in [-0.4, -0.2) is 17.4 Å². The predicted octanol–water partition coefficient (Wildman–Crippen LogP) is 3.56. The third-order valence-electron chi connectivity index (χ3n) is 5.44. The van der Waals surface area contributed by atoms with E-state index in [0.29, 0.717) is 12.3 Å². The molecule has 1 amide bonds. The second-order valence-electron chi connectivity index (χ2n) is 6.87. The molecule has 1 aromatic carbocycles. The van der Waals surface area contributed by atoms with Crippen LogP contribution in [0.5, 0.6) is 0 Å². The van der Waals surface area contributed by atoms with E-state index in [4.69, 9.17) is 5.73 Å². The number of hydrogen-bond donors (Lipinski definition) is 1. The van der Waals surface area contributed by atoms with Crippen molar-refractivity contribution in [3.05, 3.63) is 34.9 Å². The Hall–Kier alpha value is -1.35. The minimum absolute atomic E-state index is 0.155. The van der Waals surface area contributed by atoms with Crippen molar-refractivity contribution in [2.45, 2.75) is 64.5 Å². The van der Waals surface area contributed by atoms with Crippen LogP contribution >= 0.6 is 0 Å². The summed E-state index contributed by atoms with van der Waals surface area (Å²) in [4.78, 5) is 13.9. The van der Waals surface area contributed by atoms with Crippen molar-refractivity contribution >= 4 is 5.91 Å². The largest absolute Gasteiger partial charge is 0.338 e. The SMILES string of the molecule is CCC(=O)N1CCc2ccc(C(N)C3CCCCC3)cc2C1. The van der Waals surface area contributed by atoms with Crippen molar-refractivity contribution in [1.29, 1.82) is 0 Å². The Kier molecular flexibility index (Phi) is 4.82. The lowest BCUT2D eigenvalue weighted by Gasteiger charge is -2.31. The fourth-order valence-corrected chi connectivity index (χ4v) is 3.99. The summed E-state index contributed by atoms with van der Waals surface area (Å²) in [5.74, 6) is 0.886. The summed E-state index contributed by atoms with van der Waals surface area (Å²) in [7, 11) is 0. The molecule has 3 heteroatoms. The second-order valence-corrected chi connectivity index (χ2v) is 6.87. The van der Waals surface area contributed by atoms with E-state index in [0.717, 1.165) is 19.5 Å². The van der Waals surface area contributed by atoms with Gasteiger partial charge < -0.3 is 10.6 Å². The number of nitrogens with zero attached hydrogens (tertiary/aromatic N) is 1. The van der Waals surface area contributed by atoms with Crippen LogP contribution in [0, 0.1) is 5.92 Å². The smallest absolute Gasteiger partial charge is 0.222 e. The van der Waals surface area contributed by atoms with Crippen LogP contribution in [0.1, 0.15) is 68.2 Å². The molecule has 3 rings (SSSR count). The molecule has 2 N–H and O–H groups in total. The molecule has 0 saturated heterocycles. The highest BCUT2D eigenvalue weighted by atomic mass is 16.2. The van der Waals surface area contributed by atoms with Gasteiger partial charge in [0.25, 0.3) is 0 Å². The number of benzene rings is 1. The van der Waals surface area contributed by atoms with E-state index >= 15 is 0 Å². The quantitative estimate of drug-likeness (QED) is 0.927. The second kappa shape index (κ2) is 6.82. The van der Waals surface area contributed by atoms with Crippen LogP contribution in [0.15, 0.2) is 18.2 Å². The van der Waals surface area contributed by atoms with Gasteiger partial charge in [-0.25, -0.2) is 0 Å². The van der Waals surface area contributed by atoms with Gasteiger partial charge >= 0.3 is 0 Å². The average Bonchev–Trinajstić information content (AvgIpc) is 2.60. The van der Waals surface area contributed by atoms with Gasteiger partial charge in [0.2, 0.25) is 5.91 Å². The lowest BCUT2D eigenvalue weighted by atomic mass is 9.81. The summed E-state index contributed by atoms with van der Waals surface area (Å²) < 4.78 is 0. The Morgan fingerprint density at radius 3 is 2.77 bits per heavy atom. The number of amides is 1. The van der Waals surface area contributed by atoms with Crippen molar-refractivity contribution in [3.63, 3.8) is 0 Å². The van der Waals surface area contributed by atoms with Gasteiger partial charge in [-0.2, -0.15) is 0 Å². The summed E-state index contributed by atoms with van der Waals surface area (Å²) in [6.45, 7) is 3.55. The van der Waals surface area contributed by atoms with Crippen molar-refractivity contribution in [3.8, 4) is 0 Å². The van der Waals surface area contributed by atoms with Gasteiger partial charge in [0.15, 0.2) is 0 Å². The highest BCUT2D eigenvalue weighted by molar-refractivity contribution is 5.76. The normalized spacial score (nSPS) is 20.5. The van der Waals surface area contributed by atoms with E-state index in [1.807, 2.05) is 11.8 Å².